The minimum absolute atomic E-state index is 0.00337. The Hall–Kier alpha value is -3.16. The highest BCUT2D eigenvalue weighted by atomic mass is 16.3. The largest absolute Gasteiger partial charge is 0.508 e. The smallest absolute Gasteiger partial charge is 0.262 e. The number of carbonyl (C=O) groups is 1. The lowest BCUT2D eigenvalue weighted by Gasteiger charge is -2.14. The Morgan fingerprint density at radius 3 is 2.60 bits per heavy atom. The Morgan fingerprint density at radius 2 is 1.96 bits per heavy atom. The van der Waals surface area contributed by atoms with E-state index in [1.807, 2.05) is 6.92 Å². The third kappa shape index (κ3) is 4.43. The van der Waals surface area contributed by atoms with Gasteiger partial charge < -0.3 is 15.5 Å². The summed E-state index contributed by atoms with van der Waals surface area (Å²) in [5, 5.41) is 26.9. The summed E-state index contributed by atoms with van der Waals surface area (Å²) >= 11 is 0. The molecule has 132 valence electrons. The van der Waals surface area contributed by atoms with Crippen LogP contribution < -0.4 is 10.7 Å². The molecule has 1 amide bonds. The van der Waals surface area contributed by atoms with E-state index in [9.17, 15) is 15.0 Å². The first-order valence-corrected chi connectivity index (χ1v) is 7.83. The molecule has 4 N–H and O–H groups in total. The lowest BCUT2D eigenvalue weighted by Crippen LogP contribution is -2.35. The lowest BCUT2D eigenvalue weighted by atomic mass is 10.0. The first-order valence-electron chi connectivity index (χ1n) is 7.83. The second-order valence-corrected chi connectivity index (χ2v) is 5.49. The fourth-order valence-electron chi connectivity index (χ4n) is 2.16. The van der Waals surface area contributed by atoms with Gasteiger partial charge in [0.05, 0.1) is 23.8 Å². The molecule has 1 unspecified atom stereocenters. The third-order valence-electron chi connectivity index (χ3n) is 3.69. The van der Waals surface area contributed by atoms with E-state index < -0.39 is 6.04 Å². The molecule has 25 heavy (non-hydrogen) atoms. The number of hydrogen-bond acceptors (Lipinski definition) is 7. The number of nitrogens with one attached hydrogen (secondary N) is 2. The van der Waals surface area contributed by atoms with Crippen molar-refractivity contribution in [3.05, 3.63) is 42.0 Å². The van der Waals surface area contributed by atoms with Crippen LogP contribution in [0.2, 0.25) is 0 Å². The second-order valence-electron chi connectivity index (χ2n) is 5.49. The van der Waals surface area contributed by atoms with E-state index in [0.29, 0.717) is 28.9 Å². The van der Waals surface area contributed by atoms with Crippen LogP contribution in [0, 0.1) is 6.92 Å². The normalized spacial score (nSPS) is 12.5. The average molecular weight is 343 g/mol. The molecular weight excluding hydrogens is 322 g/mol. The van der Waals surface area contributed by atoms with Gasteiger partial charge in [-0.1, -0.05) is 6.92 Å². The van der Waals surface area contributed by atoms with Crippen molar-refractivity contribution in [2.24, 2.45) is 5.10 Å². The van der Waals surface area contributed by atoms with Crippen molar-refractivity contribution < 1.29 is 15.0 Å². The van der Waals surface area contributed by atoms with Crippen LogP contribution in [0.25, 0.3) is 0 Å². The van der Waals surface area contributed by atoms with E-state index in [2.05, 4.69) is 25.8 Å². The van der Waals surface area contributed by atoms with Gasteiger partial charge in [0.1, 0.15) is 23.9 Å². The first-order chi connectivity index (χ1) is 11.9. The highest BCUT2D eigenvalue weighted by Gasteiger charge is 2.15. The molecule has 1 aromatic carbocycles. The maximum atomic E-state index is 12.2. The summed E-state index contributed by atoms with van der Waals surface area (Å²) in [6.07, 6.45) is 5.02. The van der Waals surface area contributed by atoms with E-state index in [0.717, 1.165) is 0 Å². The number of phenols is 2. The first kappa shape index (κ1) is 18.2. The molecule has 0 radical (unpaired) electrons. The van der Waals surface area contributed by atoms with Crippen molar-refractivity contribution >= 4 is 17.3 Å². The minimum atomic E-state index is -0.553. The number of hydrazone groups is 1. The van der Waals surface area contributed by atoms with Gasteiger partial charge in [-0.25, -0.2) is 15.4 Å². The quantitative estimate of drug-likeness (QED) is 0.470. The van der Waals surface area contributed by atoms with Gasteiger partial charge >= 0.3 is 0 Å². The van der Waals surface area contributed by atoms with Crippen molar-refractivity contribution in [3.8, 4) is 11.5 Å². The Bertz CT molecular complexity index is 777. The molecule has 8 heteroatoms. The van der Waals surface area contributed by atoms with Crippen LogP contribution >= 0.6 is 0 Å². The summed E-state index contributed by atoms with van der Waals surface area (Å²) in [6.45, 7) is 5.15. The molecule has 0 aliphatic carbocycles. The van der Waals surface area contributed by atoms with Crippen LogP contribution in [0.5, 0.6) is 11.5 Å². The Kier molecular flexibility index (Phi) is 5.89. The number of aromatic hydroxyl groups is 2. The van der Waals surface area contributed by atoms with Gasteiger partial charge in [0, 0.05) is 11.1 Å². The zero-order chi connectivity index (χ0) is 18.4. The van der Waals surface area contributed by atoms with Gasteiger partial charge in [0.2, 0.25) is 0 Å². The monoisotopic (exact) mass is 343 g/mol. The highest BCUT2D eigenvalue weighted by Crippen LogP contribution is 2.30. The molecule has 0 spiro atoms. The maximum absolute atomic E-state index is 12.2. The van der Waals surface area contributed by atoms with Gasteiger partial charge in [-0.05, 0) is 32.4 Å². The molecule has 2 rings (SSSR count). The van der Waals surface area contributed by atoms with Crippen molar-refractivity contribution in [1.82, 2.24) is 15.4 Å². The van der Waals surface area contributed by atoms with Crippen LogP contribution in [-0.4, -0.2) is 37.8 Å². The van der Waals surface area contributed by atoms with Gasteiger partial charge in [-0.3, -0.25) is 4.79 Å². The van der Waals surface area contributed by atoms with Gasteiger partial charge in [0.25, 0.3) is 5.91 Å². The Morgan fingerprint density at radius 1 is 1.28 bits per heavy atom. The van der Waals surface area contributed by atoms with Crippen LogP contribution in [-0.2, 0) is 4.79 Å². The van der Waals surface area contributed by atoms with Crippen molar-refractivity contribution in [3.63, 3.8) is 0 Å². The van der Waals surface area contributed by atoms with Crippen molar-refractivity contribution in [2.45, 2.75) is 33.2 Å². The molecule has 0 saturated heterocycles. The Balaban J connectivity index is 2.10. The van der Waals surface area contributed by atoms with E-state index in [-0.39, 0.29) is 17.4 Å². The molecule has 1 atom stereocenters. The van der Waals surface area contributed by atoms with Crippen LogP contribution in [0.3, 0.4) is 0 Å². The SMILES string of the molecule is CC/C(=N\NC(=O)C(C)Nc1cncnc1)c1ccc(O)c(C)c1O. The lowest BCUT2D eigenvalue weighted by molar-refractivity contribution is -0.121. The number of benzene rings is 1. The summed E-state index contributed by atoms with van der Waals surface area (Å²) < 4.78 is 0. The average Bonchev–Trinajstić information content (AvgIpc) is 2.62. The van der Waals surface area contributed by atoms with Crippen molar-refractivity contribution in [2.75, 3.05) is 5.32 Å². The van der Waals surface area contributed by atoms with Gasteiger partial charge in [-0.2, -0.15) is 5.10 Å². The third-order valence-corrected chi connectivity index (χ3v) is 3.69. The zero-order valence-electron chi connectivity index (χ0n) is 14.3. The number of hydrogen-bond donors (Lipinski definition) is 4. The zero-order valence-corrected chi connectivity index (χ0v) is 14.3. The topological polar surface area (TPSA) is 120 Å². The minimum Gasteiger partial charge on any atom is -0.508 e. The summed E-state index contributed by atoms with van der Waals surface area (Å²) in [6, 6.07) is 2.49. The number of rotatable bonds is 6. The number of carbonyl (C=O) groups excluding carboxylic acids is 1. The maximum Gasteiger partial charge on any atom is 0.262 e. The summed E-state index contributed by atoms with van der Waals surface area (Å²) in [7, 11) is 0. The predicted octanol–water partition coefficient (Wildman–Crippen LogP) is 1.93. The van der Waals surface area contributed by atoms with Crippen molar-refractivity contribution in [1.29, 1.82) is 0 Å². The summed E-state index contributed by atoms with van der Waals surface area (Å²) in [5.41, 5.74) is 4.44. The molecule has 1 aromatic heterocycles. The number of amides is 1. The molecule has 0 aliphatic rings. The molecular formula is C17H21N5O3. The fourth-order valence-corrected chi connectivity index (χ4v) is 2.16. The number of anilines is 1. The number of aromatic nitrogens is 2. The highest BCUT2D eigenvalue weighted by molar-refractivity contribution is 6.03. The van der Waals surface area contributed by atoms with Gasteiger partial charge in [-0.15, -0.1) is 0 Å². The second kappa shape index (κ2) is 8.09. The Labute approximate surface area is 145 Å². The van der Waals surface area contributed by atoms with E-state index in [4.69, 9.17) is 0 Å². The number of phenolic OH excluding ortho intramolecular Hbond substituents is 2. The van der Waals surface area contributed by atoms with Crippen LogP contribution in [0.4, 0.5) is 5.69 Å². The molecule has 2 aromatic rings. The predicted molar refractivity (Wildman–Crippen MR) is 94.6 cm³/mol. The van der Waals surface area contributed by atoms with Gasteiger partial charge in [0.15, 0.2) is 0 Å². The van der Waals surface area contributed by atoms with E-state index >= 15 is 0 Å². The standard InChI is InChI=1S/C17H21N5O3/c1-4-14(13-5-6-15(23)10(2)16(13)24)21-22-17(25)11(3)20-12-7-18-9-19-8-12/h5-9,11,20,23-24H,4H2,1-3H3,(H,22,25)/b21-14+. The molecule has 0 bridgehead atoms. The van der Waals surface area contributed by atoms with E-state index in [1.165, 1.54) is 12.4 Å². The summed E-state index contributed by atoms with van der Waals surface area (Å²) in [4.78, 5) is 19.9. The fraction of sp³-hybridized carbons (Fsp3) is 0.294. The summed E-state index contributed by atoms with van der Waals surface area (Å²) in [5.74, 6) is -0.393. The van der Waals surface area contributed by atoms with Crippen LogP contribution in [0.15, 0.2) is 36.0 Å². The number of nitrogens with zero attached hydrogens (tertiary/aromatic N) is 3. The van der Waals surface area contributed by atoms with E-state index in [1.54, 1.807) is 32.3 Å². The van der Waals surface area contributed by atoms with Crippen LogP contribution in [0.1, 0.15) is 31.4 Å². The molecule has 0 aliphatic heterocycles. The molecule has 0 saturated carbocycles. The molecule has 8 nitrogen and oxygen atoms in total. The molecule has 0 fully saturated rings. The molecule has 1 heterocycles.